The van der Waals surface area contributed by atoms with Gasteiger partial charge in [0.05, 0.1) is 11.8 Å². The fourth-order valence-corrected chi connectivity index (χ4v) is 2.62. The van der Waals surface area contributed by atoms with Crippen LogP contribution in [-0.2, 0) is 9.53 Å². The molecular formula is C15H21FN2O2. The molecule has 1 aliphatic carbocycles. The zero-order chi connectivity index (χ0) is 15.0. The molecule has 0 radical (unpaired) electrons. The van der Waals surface area contributed by atoms with Crippen LogP contribution in [0.5, 0.6) is 0 Å². The summed E-state index contributed by atoms with van der Waals surface area (Å²) in [5.41, 5.74) is 4.84. The first-order valence-electron chi connectivity index (χ1n) is 6.79. The van der Waals surface area contributed by atoms with Crippen LogP contribution in [0, 0.1) is 11.2 Å². The van der Waals surface area contributed by atoms with Gasteiger partial charge in [0.2, 0.25) is 5.91 Å². The number of nitrogens with two attached hydrogens (primary N) is 1. The Hall–Kier alpha value is -1.46. The Morgan fingerprint density at radius 3 is 2.70 bits per heavy atom. The molecule has 0 saturated heterocycles. The van der Waals surface area contributed by atoms with Crippen molar-refractivity contribution < 1.29 is 13.9 Å². The van der Waals surface area contributed by atoms with Crippen LogP contribution in [0.15, 0.2) is 24.3 Å². The molecule has 4 nitrogen and oxygen atoms in total. The summed E-state index contributed by atoms with van der Waals surface area (Å²) in [5, 5.41) is 2.58. The highest BCUT2D eigenvalue weighted by molar-refractivity contribution is 5.99. The Kier molecular flexibility index (Phi) is 3.84. The average molecular weight is 280 g/mol. The van der Waals surface area contributed by atoms with E-state index in [0.29, 0.717) is 13.0 Å². The van der Waals surface area contributed by atoms with E-state index in [1.807, 2.05) is 20.8 Å². The normalized spacial score (nSPS) is 27.8. The number of carbonyl (C=O) groups excluding carboxylic acids is 1. The number of hydrogen-bond donors (Lipinski definition) is 2. The smallest absolute Gasteiger partial charge is 0.245 e. The first-order valence-corrected chi connectivity index (χ1v) is 6.79. The van der Waals surface area contributed by atoms with E-state index in [-0.39, 0.29) is 17.7 Å². The molecule has 1 fully saturated rings. The van der Waals surface area contributed by atoms with Gasteiger partial charge in [-0.15, -0.1) is 0 Å². The molecule has 20 heavy (non-hydrogen) atoms. The molecule has 0 bridgehead atoms. The van der Waals surface area contributed by atoms with Crippen molar-refractivity contribution in [1.82, 2.24) is 0 Å². The number of rotatable bonds is 4. The minimum Gasteiger partial charge on any atom is -0.378 e. The highest BCUT2D eigenvalue weighted by Gasteiger charge is 2.62. The quantitative estimate of drug-likeness (QED) is 0.889. The number of amides is 1. The lowest BCUT2D eigenvalue weighted by atomic mass is 9.54. The predicted molar refractivity (Wildman–Crippen MR) is 75.8 cm³/mol. The third kappa shape index (κ3) is 2.21. The summed E-state index contributed by atoms with van der Waals surface area (Å²) in [6.07, 6.45) is 0.387. The topological polar surface area (TPSA) is 64.3 Å². The molecule has 1 aliphatic rings. The third-order valence-electron chi connectivity index (χ3n) is 4.36. The SMILES string of the molecule is CCOC1CC(N)(C(=O)Nc2ccccc2F)C1(C)C. The van der Waals surface area contributed by atoms with Gasteiger partial charge < -0.3 is 15.8 Å². The summed E-state index contributed by atoms with van der Waals surface area (Å²) < 4.78 is 19.1. The van der Waals surface area contributed by atoms with Gasteiger partial charge in [0.25, 0.3) is 0 Å². The van der Waals surface area contributed by atoms with Crippen LogP contribution in [0.3, 0.4) is 0 Å². The summed E-state index contributed by atoms with van der Waals surface area (Å²) in [6.45, 7) is 6.29. The number of para-hydroxylation sites is 1. The maximum atomic E-state index is 13.6. The van der Waals surface area contributed by atoms with Crippen LogP contribution < -0.4 is 11.1 Å². The van der Waals surface area contributed by atoms with Crippen LogP contribution in [0.2, 0.25) is 0 Å². The Balaban J connectivity index is 2.12. The standard InChI is InChI=1S/C15H21FN2O2/c1-4-20-12-9-15(17,14(12,2)3)13(19)18-11-8-6-5-7-10(11)16/h5-8,12H,4,9,17H2,1-3H3,(H,18,19). The minimum atomic E-state index is -1.05. The monoisotopic (exact) mass is 280 g/mol. The summed E-state index contributed by atoms with van der Waals surface area (Å²) in [6, 6.07) is 6.05. The molecule has 0 spiro atoms. The molecule has 2 rings (SSSR count). The molecule has 2 atom stereocenters. The molecule has 5 heteroatoms. The van der Waals surface area contributed by atoms with Gasteiger partial charge in [-0.25, -0.2) is 4.39 Å². The van der Waals surface area contributed by atoms with Crippen LogP contribution in [0.1, 0.15) is 27.2 Å². The summed E-state index contributed by atoms with van der Waals surface area (Å²) in [4.78, 5) is 12.4. The Morgan fingerprint density at radius 1 is 1.50 bits per heavy atom. The minimum absolute atomic E-state index is 0.0520. The van der Waals surface area contributed by atoms with E-state index in [1.165, 1.54) is 12.1 Å². The number of anilines is 1. The van der Waals surface area contributed by atoms with Gasteiger partial charge in [-0.05, 0) is 19.1 Å². The van der Waals surface area contributed by atoms with Gasteiger partial charge in [0, 0.05) is 18.4 Å². The van der Waals surface area contributed by atoms with Crippen LogP contribution in [0.25, 0.3) is 0 Å². The molecule has 1 aromatic rings. The first-order chi connectivity index (χ1) is 9.33. The molecule has 0 aromatic heterocycles. The highest BCUT2D eigenvalue weighted by atomic mass is 19.1. The average Bonchev–Trinajstić information content (AvgIpc) is 2.40. The molecule has 0 heterocycles. The van der Waals surface area contributed by atoms with Crippen molar-refractivity contribution in [3.8, 4) is 0 Å². The molecular weight excluding hydrogens is 259 g/mol. The van der Waals surface area contributed by atoms with E-state index in [0.717, 1.165) is 0 Å². The van der Waals surface area contributed by atoms with Crippen LogP contribution >= 0.6 is 0 Å². The van der Waals surface area contributed by atoms with E-state index in [1.54, 1.807) is 12.1 Å². The summed E-state index contributed by atoms with van der Waals surface area (Å²) >= 11 is 0. The summed E-state index contributed by atoms with van der Waals surface area (Å²) in [5.74, 6) is -0.841. The number of ether oxygens (including phenoxy) is 1. The van der Waals surface area contributed by atoms with Gasteiger partial charge in [0.15, 0.2) is 0 Å². The maximum absolute atomic E-state index is 13.6. The third-order valence-corrected chi connectivity index (χ3v) is 4.36. The fraction of sp³-hybridized carbons (Fsp3) is 0.533. The Labute approximate surface area is 118 Å². The van der Waals surface area contributed by atoms with Crippen LogP contribution in [0.4, 0.5) is 10.1 Å². The molecule has 3 N–H and O–H groups in total. The number of halogens is 1. The van der Waals surface area contributed by atoms with Gasteiger partial charge in [-0.3, -0.25) is 4.79 Å². The fourth-order valence-electron chi connectivity index (χ4n) is 2.62. The van der Waals surface area contributed by atoms with Crippen molar-refractivity contribution in [2.45, 2.75) is 38.8 Å². The van der Waals surface area contributed by atoms with Crippen molar-refractivity contribution in [2.24, 2.45) is 11.1 Å². The second-order valence-electron chi connectivity index (χ2n) is 5.78. The van der Waals surface area contributed by atoms with Crippen molar-refractivity contribution in [3.63, 3.8) is 0 Å². The second kappa shape index (κ2) is 5.14. The number of carbonyl (C=O) groups is 1. The van der Waals surface area contributed by atoms with E-state index in [9.17, 15) is 9.18 Å². The number of hydrogen-bond acceptors (Lipinski definition) is 3. The largest absolute Gasteiger partial charge is 0.378 e. The molecule has 1 aromatic carbocycles. The van der Waals surface area contributed by atoms with E-state index in [4.69, 9.17) is 10.5 Å². The lowest BCUT2D eigenvalue weighted by Crippen LogP contribution is -2.74. The van der Waals surface area contributed by atoms with Crippen molar-refractivity contribution in [2.75, 3.05) is 11.9 Å². The lowest BCUT2D eigenvalue weighted by molar-refractivity contribution is -0.166. The molecule has 2 unspecified atom stereocenters. The molecule has 1 amide bonds. The van der Waals surface area contributed by atoms with Gasteiger partial charge in [-0.2, -0.15) is 0 Å². The zero-order valence-corrected chi connectivity index (χ0v) is 12.1. The van der Waals surface area contributed by atoms with Crippen molar-refractivity contribution in [3.05, 3.63) is 30.1 Å². The lowest BCUT2D eigenvalue weighted by Gasteiger charge is -2.57. The molecule has 0 aliphatic heterocycles. The number of benzene rings is 1. The van der Waals surface area contributed by atoms with Crippen LogP contribution in [-0.4, -0.2) is 24.2 Å². The van der Waals surface area contributed by atoms with Gasteiger partial charge >= 0.3 is 0 Å². The maximum Gasteiger partial charge on any atom is 0.245 e. The van der Waals surface area contributed by atoms with E-state index >= 15 is 0 Å². The van der Waals surface area contributed by atoms with E-state index in [2.05, 4.69) is 5.32 Å². The van der Waals surface area contributed by atoms with Crippen molar-refractivity contribution in [1.29, 1.82) is 0 Å². The second-order valence-corrected chi connectivity index (χ2v) is 5.78. The van der Waals surface area contributed by atoms with Gasteiger partial charge in [-0.1, -0.05) is 26.0 Å². The Bertz CT molecular complexity index is 518. The Morgan fingerprint density at radius 2 is 2.15 bits per heavy atom. The summed E-state index contributed by atoms with van der Waals surface area (Å²) in [7, 11) is 0. The molecule has 110 valence electrons. The highest BCUT2D eigenvalue weighted by Crippen LogP contribution is 2.50. The number of nitrogens with one attached hydrogen (secondary N) is 1. The van der Waals surface area contributed by atoms with Gasteiger partial charge in [0.1, 0.15) is 11.4 Å². The van der Waals surface area contributed by atoms with Crippen molar-refractivity contribution >= 4 is 11.6 Å². The predicted octanol–water partition coefficient (Wildman–Crippen LogP) is 2.30. The molecule has 1 saturated carbocycles. The zero-order valence-electron chi connectivity index (χ0n) is 12.1. The first kappa shape index (κ1) is 14.9. The van der Waals surface area contributed by atoms with E-state index < -0.39 is 16.8 Å².